The third kappa shape index (κ3) is 3.18. The number of hydrogen-bond donors (Lipinski definition) is 0. The Kier molecular flexibility index (Phi) is 4.22. The van der Waals surface area contributed by atoms with Gasteiger partial charge in [-0.1, -0.05) is 25.4 Å². The van der Waals surface area contributed by atoms with Crippen LogP contribution in [-0.2, 0) is 6.42 Å². The van der Waals surface area contributed by atoms with Gasteiger partial charge in [-0.2, -0.15) is 9.78 Å². The van der Waals surface area contributed by atoms with Crippen molar-refractivity contribution in [1.82, 2.24) is 19.7 Å². The highest BCUT2D eigenvalue weighted by atomic mass is 35.5. The quantitative estimate of drug-likeness (QED) is 0.640. The maximum absolute atomic E-state index is 11.2. The minimum atomic E-state index is -0.508. The summed E-state index contributed by atoms with van der Waals surface area (Å²) in [5.74, 6) is 0.471. The van der Waals surface area contributed by atoms with Gasteiger partial charge in [0.05, 0.1) is 4.92 Å². The fourth-order valence-corrected chi connectivity index (χ4v) is 2.36. The van der Waals surface area contributed by atoms with Crippen LogP contribution in [0.2, 0.25) is 5.15 Å². The van der Waals surface area contributed by atoms with E-state index in [4.69, 9.17) is 11.6 Å². The Labute approximate surface area is 127 Å². The lowest BCUT2D eigenvalue weighted by atomic mass is 10.1. The molecule has 7 nitrogen and oxygen atoms in total. The topological polar surface area (TPSA) is 86.7 Å². The number of halogens is 1. The SMILES string of the molecule is Cc1cc(C)nc(-n2nc(CC(C)C)c([N+](=O)[O-])c2Cl)n1. The first-order valence-corrected chi connectivity index (χ1v) is 6.91. The Hall–Kier alpha value is -2.02. The maximum Gasteiger partial charge on any atom is 0.329 e. The Balaban J connectivity index is 2.61. The monoisotopic (exact) mass is 309 g/mol. The van der Waals surface area contributed by atoms with Gasteiger partial charge in [0.15, 0.2) is 0 Å². The molecule has 112 valence electrons. The fraction of sp³-hybridized carbons (Fsp3) is 0.462. The lowest BCUT2D eigenvalue weighted by Gasteiger charge is -2.03. The van der Waals surface area contributed by atoms with Gasteiger partial charge in [0, 0.05) is 17.8 Å². The molecular weight excluding hydrogens is 294 g/mol. The number of rotatable bonds is 4. The van der Waals surface area contributed by atoms with Crippen molar-refractivity contribution in [1.29, 1.82) is 0 Å². The lowest BCUT2D eigenvalue weighted by Crippen LogP contribution is -2.06. The van der Waals surface area contributed by atoms with Crippen LogP contribution in [-0.4, -0.2) is 24.7 Å². The Morgan fingerprint density at radius 3 is 2.38 bits per heavy atom. The predicted molar refractivity (Wildman–Crippen MR) is 78.8 cm³/mol. The van der Waals surface area contributed by atoms with Crippen molar-refractivity contribution in [3.8, 4) is 5.95 Å². The van der Waals surface area contributed by atoms with E-state index in [9.17, 15) is 10.1 Å². The average Bonchev–Trinajstić information content (AvgIpc) is 2.63. The molecule has 2 aromatic heterocycles. The van der Waals surface area contributed by atoms with Crippen molar-refractivity contribution in [2.45, 2.75) is 34.1 Å². The third-order valence-corrected chi connectivity index (χ3v) is 3.16. The predicted octanol–water partition coefficient (Wildman–Crippen LogP) is 3.04. The Bertz CT molecular complexity index is 676. The second-order valence-corrected chi connectivity index (χ2v) is 5.66. The molecule has 0 amide bonds. The molecule has 0 aliphatic heterocycles. The summed E-state index contributed by atoms with van der Waals surface area (Å²) in [6.07, 6.45) is 0.466. The fourth-order valence-electron chi connectivity index (χ4n) is 2.07. The Morgan fingerprint density at radius 1 is 1.33 bits per heavy atom. The van der Waals surface area contributed by atoms with Crippen LogP contribution < -0.4 is 0 Å². The summed E-state index contributed by atoms with van der Waals surface area (Å²) >= 11 is 6.13. The molecular formula is C13H16ClN5O2. The molecule has 0 spiro atoms. The van der Waals surface area contributed by atoms with Gasteiger partial charge >= 0.3 is 5.69 Å². The van der Waals surface area contributed by atoms with Gasteiger partial charge in [-0.25, -0.2) is 9.97 Å². The van der Waals surface area contributed by atoms with E-state index in [0.29, 0.717) is 12.1 Å². The van der Waals surface area contributed by atoms with Crippen molar-refractivity contribution in [3.63, 3.8) is 0 Å². The zero-order valence-corrected chi connectivity index (χ0v) is 13.0. The second kappa shape index (κ2) is 5.77. The minimum Gasteiger partial charge on any atom is -0.258 e. The van der Waals surface area contributed by atoms with Crippen molar-refractivity contribution in [3.05, 3.63) is 38.4 Å². The summed E-state index contributed by atoms with van der Waals surface area (Å²) in [5.41, 5.74) is 1.67. The van der Waals surface area contributed by atoms with Gasteiger partial charge in [-0.3, -0.25) is 10.1 Å². The van der Waals surface area contributed by atoms with Crippen molar-refractivity contribution < 1.29 is 4.92 Å². The van der Waals surface area contributed by atoms with Gasteiger partial charge in [0.1, 0.15) is 5.69 Å². The molecule has 0 atom stereocenters. The second-order valence-electron chi connectivity index (χ2n) is 5.30. The van der Waals surface area contributed by atoms with E-state index >= 15 is 0 Å². The van der Waals surface area contributed by atoms with Crippen LogP contribution in [0.5, 0.6) is 0 Å². The summed E-state index contributed by atoms with van der Waals surface area (Å²) in [5, 5.41) is 15.4. The molecule has 0 saturated heterocycles. The highest BCUT2D eigenvalue weighted by molar-refractivity contribution is 6.32. The summed E-state index contributed by atoms with van der Waals surface area (Å²) in [7, 11) is 0. The van der Waals surface area contributed by atoms with Gasteiger partial charge in [0.25, 0.3) is 5.95 Å². The summed E-state index contributed by atoms with van der Waals surface area (Å²) in [6, 6.07) is 1.81. The van der Waals surface area contributed by atoms with Crippen molar-refractivity contribution in [2.75, 3.05) is 0 Å². The molecule has 2 rings (SSSR count). The molecule has 0 aromatic carbocycles. The number of nitrogens with zero attached hydrogens (tertiary/aromatic N) is 5. The van der Waals surface area contributed by atoms with Crippen LogP contribution in [0, 0.1) is 29.9 Å². The van der Waals surface area contributed by atoms with E-state index in [0.717, 1.165) is 11.4 Å². The zero-order valence-electron chi connectivity index (χ0n) is 12.3. The molecule has 2 heterocycles. The van der Waals surface area contributed by atoms with E-state index in [1.54, 1.807) is 0 Å². The smallest absolute Gasteiger partial charge is 0.258 e. The van der Waals surface area contributed by atoms with Crippen LogP contribution in [0.15, 0.2) is 6.07 Å². The number of aromatic nitrogens is 4. The van der Waals surface area contributed by atoms with Crippen LogP contribution in [0.25, 0.3) is 5.95 Å². The Morgan fingerprint density at radius 2 is 1.90 bits per heavy atom. The maximum atomic E-state index is 11.2. The van der Waals surface area contributed by atoms with Crippen LogP contribution in [0.1, 0.15) is 30.9 Å². The van der Waals surface area contributed by atoms with E-state index in [2.05, 4.69) is 15.1 Å². The average molecular weight is 310 g/mol. The van der Waals surface area contributed by atoms with Crippen molar-refractivity contribution in [2.24, 2.45) is 5.92 Å². The molecule has 0 N–H and O–H groups in total. The van der Waals surface area contributed by atoms with Gasteiger partial charge < -0.3 is 0 Å². The lowest BCUT2D eigenvalue weighted by molar-refractivity contribution is -0.385. The first-order valence-electron chi connectivity index (χ1n) is 6.54. The molecule has 0 bridgehead atoms. The number of nitro groups is 1. The van der Waals surface area contributed by atoms with E-state index in [-0.39, 0.29) is 22.7 Å². The summed E-state index contributed by atoms with van der Waals surface area (Å²) in [4.78, 5) is 19.2. The van der Waals surface area contributed by atoms with Crippen LogP contribution in [0.3, 0.4) is 0 Å². The molecule has 8 heteroatoms. The normalized spacial score (nSPS) is 11.1. The minimum absolute atomic E-state index is 0.0688. The van der Waals surface area contributed by atoms with Crippen molar-refractivity contribution >= 4 is 17.3 Å². The number of hydrogen-bond acceptors (Lipinski definition) is 5. The van der Waals surface area contributed by atoms with Gasteiger partial charge in [-0.05, 0) is 25.8 Å². The molecule has 0 radical (unpaired) electrons. The molecule has 0 aliphatic rings. The largest absolute Gasteiger partial charge is 0.329 e. The molecule has 0 aliphatic carbocycles. The first kappa shape index (κ1) is 15.4. The van der Waals surface area contributed by atoms with Gasteiger partial charge in [-0.15, -0.1) is 0 Å². The first-order chi connectivity index (χ1) is 9.79. The zero-order chi connectivity index (χ0) is 15.7. The summed E-state index contributed by atoms with van der Waals surface area (Å²) < 4.78 is 1.23. The number of aryl methyl sites for hydroxylation is 2. The molecule has 2 aromatic rings. The highest BCUT2D eigenvalue weighted by Gasteiger charge is 2.28. The van der Waals surface area contributed by atoms with E-state index < -0.39 is 4.92 Å². The van der Waals surface area contributed by atoms with Crippen LogP contribution in [0.4, 0.5) is 5.69 Å². The molecule has 0 saturated carbocycles. The van der Waals surface area contributed by atoms with Crippen LogP contribution >= 0.6 is 11.6 Å². The highest BCUT2D eigenvalue weighted by Crippen LogP contribution is 2.31. The summed E-state index contributed by atoms with van der Waals surface area (Å²) in [6.45, 7) is 7.56. The van der Waals surface area contributed by atoms with Gasteiger partial charge in [0.2, 0.25) is 5.15 Å². The van der Waals surface area contributed by atoms with E-state index in [1.807, 2.05) is 33.8 Å². The molecule has 21 heavy (non-hydrogen) atoms. The molecule has 0 fully saturated rings. The van der Waals surface area contributed by atoms with E-state index in [1.165, 1.54) is 4.68 Å². The standard InChI is InChI=1S/C13H16ClN5O2/c1-7(2)5-10-11(19(20)21)12(14)18(17-10)13-15-8(3)6-9(4)16-13/h6-7H,5H2,1-4H3. The third-order valence-electron chi connectivity index (χ3n) is 2.82. The molecule has 0 unspecified atom stereocenters.